The van der Waals surface area contributed by atoms with E-state index in [9.17, 15) is 14.4 Å². The van der Waals surface area contributed by atoms with Gasteiger partial charge in [0, 0.05) is 12.1 Å². The highest BCUT2D eigenvalue weighted by atomic mass is 16.2. The van der Waals surface area contributed by atoms with E-state index >= 15 is 0 Å². The van der Waals surface area contributed by atoms with Crippen LogP contribution in [0, 0.1) is 5.92 Å². The fourth-order valence-electron chi connectivity index (χ4n) is 2.38. The van der Waals surface area contributed by atoms with E-state index in [2.05, 4.69) is 16.2 Å². The van der Waals surface area contributed by atoms with Gasteiger partial charge in [-0.3, -0.25) is 25.2 Å². The summed E-state index contributed by atoms with van der Waals surface area (Å²) in [5.41, 5.74) is 7.32. The predicted octanol–water partition coefficient (Wildman–Crippen LogP) is 0.917. The Balaban J connectivity index is 2.13. The van der Waals surface area contributed by atoms with Crippen LogP contribution in [-0.4, -0.2) is 17.7 Å². The number of aryl methyl sites for hydroxylation is 2. The van der Waals surface area contributed by atoms with E-state index in [0.29, 0.717) is 0 Å². The standard InChI is InChI=1S/C15H19N3O3/c1-3-9-6-5-7-10(4-2)13(9)16-12(19)8-11-14(20)17-18-15(11)21/h5-7,11H,3-4,8H2,1-2H3,(H,16,19)(H,17,20)(H,18,21). The number of amides is 3. The van der Waals surface area contributed by atoms with E-state index in [-0.39, 0.29) is 12.3 Å². The summed E-state index contributed by atoms with van der Waals surface area (Å²) in [4.78, 5) is 35.0. The van der Waals surface area contributed by atoms with Crippen LogP contribution in [0.5, 0.6) is 0 Å². The SMILES string of the molecule is CCc1cccc(CC)c1NC(=O)CC1C(=O)NNC1=O. The van der Waals surface area contributed by atoms with Crippen LogP contribution in [0.3, 0.4) is 0 Å². The number of benzene rings is 1. The van der Waals surface area contributed by atoms with Crippen LogP contribution in [0.4, 0.5) is 5.69 Å². The second-order valence-electron chi connectivity index (χ2n) is 4.94. The third kappa shape index (κ3) is 3.21. The van der Waals surface area contributed by atoms with Gasteiger partial charge in [0.05, 0.1) is 0 Å². The van der Waals surface area contributed by atoms with Crippen molar-refractivity contribution in [2.75, 3.05) is 5.32 Å². The highest BCUT2D eigenvalue weighted by Crippen LogP contribution is 2.23. The zero-order chi connectivity index (χ0) is 15.4. The van der Waals surface area contributed by atoms with Crippen molar-refractivity contribution >= 4 is 23.4 Å². The van der Waals surface area contributed by atoms with Gasteiger partial charge in [0.25, 0.3) is 11.8 Å². The Morgan fingerprint density at radius 1 is 1.10 bits per heavy atom. The molecule has 1 heterocycles. The Morgan fingerprint density at radius 2 is 1.62 bits per heavy atom. The molecule has 0 saturated carbocycles. The minimum Gasteiger partial charge on any atom is -0.326 e. The first-order valence-electron chi connectivity index (χ1n) is 7.07. The largest absolute Gasteiger partial charge is 0.326 e. The molecule has 112 valence electrons. The van der Waals surface area contributed by atoms with Crippen molar-refractivity contribution in [3.05, 3.63) is 29.3 Å². The molecule has 0 bridgehead atoms. The molecule has 1 aromatic carbocycles. The summed E-state index contributed by atoms with van der Waals surface area (Å²) in [6.07, 6.45) is 1.45. The van der Waals surface area contributed by atoms with Crippen molar-refractivity contribution in [3.63, 3.8) is 0 Å². The summed E-state index contributed by atoms with van der Waals surface area (Å²) in [6.45, 7) is 4.03. The van der Waals surface area contributed by atoms with Crippen molar-refractivity contribution < 1.29 is 14.4 Å². The lowest BCUT2D eigenvalue weighted by atomic mass is 10.0. The van der Waals surface area contributed by atoms with Crippen LogP contribution in [0.15, 0.2) is 18.2 Å². The first-order chi connectivity index (χ1) is 10.1. The molecule has 0 atom stereocenters. The second kappa shape index (κ2) is 6.39. The third-order valence-electron chi connectivity index (χ3n) is 3.59. The lowest BCUT2D eigenvalue weighted by Crippen LogP contribution is -2.28. The number of hydrazine groups is 1. The Labute approximate surface area is 123 Å². The monoisotopic (exact) mass is 289 g/mol. The van der Waals surface area contributed by atoms with Gasteiger partial charge in [-0.15, -0.1) is 0 Å². The number of rotatable bonds is 5. The smallest absolute Gasteiger partial charge is 0.251 e. The van der Waals surface area contributed by atoms with E-state index in [1.165, 1.54) is 0 Å². The number of nitrogens with one attached hydrogen (secondary N) is 3. The van der Waals surface area contributed by atoms with E-state index < -0.39 is 17.7 Å². The molecule has 1 fully saturated rings. The van der Waals surface area contributed by atoms with Gasteiger partial charge in [-0.2, -0.15) is 0 Å². The number of carbonyl (C=O) groups is 3. The zero-order valence-corrected chi connectivity index (χ0v) is 12.2. The molecule has 1 aliphatic rings. The van der Waals surface area contributed by atoms with Gasteiger partial charge < -0.3 is 5.32 Å². The predicted molar refractivity (Wildman–Crippen MR) is 78.2 cm³/mol. The summed E-state index contributed by atoms with van der Waals surface area (Å²) in [7, 11) is 0. The maximum atomic E-state index is 12.1. The lowest BCUT2D eigenvalue weighted by Gasteiger charge is -2.14. The van der Waals surface area contributed by atoms with Crippen molar-refractivity contribution in [1.82, 2.24) is 10.9 Å². The molecular weight excluding hydrogens is 270 g/mol. The maximum Gasteiger partial charge on any atom is 0.251 e. The average Bonchev–Trinajstić information content (AvgIpc) is 2.79. The van der Waals surface area contributed by atoms with Crippen LogP contribution >= 0.6 is 0 Å². The molecule has 0 radical (unpaired) electrons. The molecule has 6 heteroatoms. The van der Waals surface area contributed by atoms with Crippen molar-refractivity contribution in [1.29, 1.82) is 0 Å². The molecule has 0 unspecified atom stereocenters. The Morgan fingerprint density at radius 3 is 2.10 bits per heavy atom. The summed E-state index contributed by atoms with van der Waals surface area (Å²) < 4.78 is 0. The molecule has 21 heavy (non-hydrogen) atoms. The van der Waals surface area contributed by atoms with Crippen LogP contribution in [-0.2, 0) is 27.2 Å². The number of hydrogen-bond donors (Lipinski definition) is 3. The molecule has 3 amide bonds. The maximum absolute atomic E-state index is 12.1. The Kier molecular flexibility index (Phi) is 4.57. The molecule has 0 aliphatic carbocycles. The lowest BCUT2D eigenvalue weighted by molar-refractivity contribution is -0.131. The fourth-order valence-corrected chi connectivity index (χ4v) is 2.38. The molecule has 1 aliphatic heterocycles. The van der Waals surface area contributed by atoms with E-state index in [0.717, 1.165) is 29.7 Å². The van der Waals surface area contributed by atoms with Crippen LogP contribution in [0.25, 0.3) is 0 Å². The molecule has 0 aromatic heterocycles. The van der Waals surface area contributed by atoms with Crippen LogP contribution < -0.4 is 16.2 Å². The van der Waals surface area contributed by atoms with Crippen molar-refractivity contribution in [2.45, 2.75) is 33.1 Å². The number of anilines is 1. The molecule has 6 nitrogen and oxygen atoms in total. The summed E-state index contributed by atoms with van der Waals surface area (Å²) in [5.74, 6) is -2.21. The fraction of sp³-hybridized carbons (Fsp3) is 0.400. The van der Waals surface area contributed by atoms with Crippen LogP contribution in [0.2, 0.25) is 0 Å². The highest BCUT2D eigenvalue weighted by Gasteiger charge is 2.34. The quantitative estimate of drug-likeness (QED) is 0.704. The Hall–Kier alpha value is -2.37. The summed E-state index contributed by atoms with van der Waals surface area (Å²) >= 11 is 0. The molecular formula is C15H19N3O3. The molecule has 3 N–H and O–H groups in total. The van der Waals surface area contributed by atoms with E-state index in [4.69, 9.17) is 0 Å². The summed E-state index contributed by atoms with van der Waals surface area (Å²) in [5, 5.41) is 2.85. The minimum atomic E-state index is -0.955. The number of hydrogen-bond acceptors (Lipinski definition) is 3. The van der Waals surface area contributed by atoms with Gasteiger partial charge >= 0.3 is 0 Å². The number of carbonyl (C=O) groups excluding carboxylic acids is 3. The molecule has 1 aromatic rings. The van der Waals surface area contributed by atoms with Gasteiger partial charge in [-0.1, -0.05) is 32.0 Å². The minimum absolute atomic E-state index is 0.154. The first-order valence-corrected chi connectivity index (χ1v) is 7.07. The van der Waals surface area contributed by atoms with E-state index in [1.807, 2.05) is 32.0 Å². The van der Waals surface area contributed by atoms with Crippen molar-refractivity contribution in [3.8, 4) is 0 Å². The third-order valence-corrected chi connectivity index (χ3v) is 3.59. The molecule has 1 saturated heterocycles. The first kappa shape index (κ1) is 15.0. The highest BCUT2D eigenvalue weighted by molar-refractivity contribution is 6.09. The zero-order valence-electron chi connectivity index (χ0n) is 12.2. The Bertz CT molecular complexity index is 545. The molecule has 2 rings (SSSR count). The van der Waals surface area contributed by atoms with Gasteiger partial charge in [-0.25, -0.2) is 0 Å². The van der Waals surface area contributed by atoms with Crippen LogP contribution in [0.1, 0.15) is 31.4 Å². The van der Waals surface area contributed by atoms with Gasteiger partial charge in [0.2, 0.25) is 5.91 Å². The summed E-state index contributed by atoms with van der Waals surface area (Å²) in [6, 6.07) is 5.89. The van der Waals surface area contributed by atoms with E-state index in [1.54, 1.807) is 0 Å². The van der Waals surface area contributed by atoms with Gasteiger partial charge in [0.15, 0.2) is 0 Å². The second-order valence-corrected chi connectivity index (χ2v) is 4.94. The van der Waals surface area contributed by atoms with Gasteiger partial charge in [0.1, 0.15) is 5.92 Å². The van der Waals surface area contributed by atoms with Crippen molar-refractivity contribution in [2.24, 2.45) is 5.92 Å². The average molecular weight is 289 g/mol. The molecule has 0 spiro atoms. The normalized spacial score (nSPS) is 14.8. The van der Waals surface area contributed by atoms with Gasteiger partial charge in [-0.05, 0) is 24.0 Å². The number of para-hydroxylation sites is 1. The topological polar surface area (TPSA) is 87.3 Å².